The number of hydrogen-bond donors (Lipinski definition) is 2. The largest absolute Gasteiger partial charge is 0.424 e. The number of aromatic nitrogens is 5. The third kappa shape index (κ3) is 2.74. The smallest absolute Gasteiger partial charge is 0.321 e. The molecule has 0 aliphatic rings. The van der Waals surface area contributed by atoms with E-state index in [0.29, 0.717) is 17.6 Å². The SMILES string of the molecule is Cc1cc(Nc2n[nH]c3cccnc23)ccc1Oc1ncccn1. The van der Waals surface area contributed by atoms with Crippen LogP contribution < -0.4 is 10.1 Å². The second kappa shape index (κ2) is 5.96. The summed E-state index contributed by atoms with van der Waals surface area (Å²) in [5.74, 6) is 1.39. The lowest BCUT2D eigenvalue weighted by atomic mass is 10.2. The molecule has 0 spiro atoms. The Bertz CT molecular complexity index is 983. The van der Waals surface area contributed by atoms with Crippen LogP contribution in [-0.4, -0.2) is 25.1 Å². The highest BCUT2D eigenvalue weighted by Crippen LogP contribution is 2.28. The molecule has 0 saturated heterocycles. The summed E-state index contributed by atoms with van der Waals surface area (Å²) in [6, 6.07) is 11.6. The van der Waals surface area contributed by atoms with E-state index >= 15 is 0 Å². The standard InChI is InChI=1S/C17H14N6O/c1-11-10-12(5-6-14(11)24-17-19-8-3-9-20-17)21-16-15-13(22-23-16)4-2-7-18-15/h2-10H,1H3,(H2,21,22,23). The first-order valence-corrected chi connectivity index (χ1v) is 7.41. The lowest BCUT2D eigenvalue weighted by molar-refractivity contribution is 0.438. The molecule has 1 aromatic carbocycles. The van der Waals surface area contributed by atoms with Crippen molar-refractivity contribution in [2.45, 2.75) is 6.92 Å². The van der Waals surface area contributed by atoms with E-state index in [9.17, 15) is 0 Å². The molecule has 0 aliphatic carbocycles. The minimum absolute atomic E-state index is 0.323. The fourth-order valence-electron chi connectivity index (χ4n) is 2.36. The first-order valence-electron chi connectivity index (χ1n) is 7.41. The van der Waals surface area contributed by atoms with Crippen molar-refractivity contribution in [3.05, 3.63) is 60.6 Å². The minimum atomic E-state index is 0.323. The number of pyridine rings is 1. The second-order valence-corrected chi connectivity index (χ2v) is 5.21. The Labute approximate surface area is 137 Å². The van der Waals surface area contributed by atoms with E-state index in [1.807, 2.05) is 37.3 Å². The monoisotopic (exact) mass is 318 g/mol. The summed E-state index contributed by atoms with van der Waals surface area (Å²) in [5.41, 5.74) is 3.54. The average Bonchev–Trinajstić information content (AvgIpc) is 3.01. The molecule has 3 aromatic heterocycles. The fourth-order valence-corrected chi connectivity index (χ4v) is 2.36. The van der Waals surface area contributed by atoms with E-state index in [-0.39, 0.29) is 0 Å². The van der Waals surface area contributed by atoms with Crippen molar-refractivity contribution in [2.24, 2.45) is 0 Å². The lowest BCUT2D eigenvalue weighted by Crippen LogP contribution is -1.95. The maximum atomic E-state index is 5.69. The van der Waals surface area contributed by atoms with Gasteiger partial charge in [-0.2, -0.15) is 5.10 Å². The Kier molecular flexibility index (Phi) is 3.51. The zero-order chi connectivity index (χ0) is 16.4. The zero-order valence-electron chi connectivity index (χ0n) is 12.9. The van der Waals surface area contributed by atoms with Crippen LogP contribution in [0.1, 0.15) is 5.56 Å². The highest BCUT2D eigenvalue weighted by molar-refractivity contribution is 5.87. The van der Waals surface area contributed by atoms with E-state index in [2.05, 4.69) is 30.5 Å². The minimum Gasteiger partial charge on any atom is -0.424 e. The molecule has 4 rings (SSSR count). The molecule has 0 bridgehead atoms. The Morgan fingerprint density at radius 2 is 1.83 bits per heavy atom. The molecule has 24 heavy (non-hydrogen) atoms. The van der Waals surface area contributed by atoms with Gasteiger partial charge >= 0.3 is 6.01 Å². The van der Waals surface area contributed by atoms with Crippen molar-refractivity contribution in [1.29, 1.82) is 0 Å². The summed E-state index contributed by atoms with van der Waals surface area (Å²) in [7, 11) is 0. The van der Waals surface area contributed by atoms with Gasteiger partial charge in [-0.25, -0.2) is 9.97 Å². The van der Waals surface area contributed by atoms with Gasteiger partial charge in [0.05, 0.1) is 5.52 Å². The molecule has 118 valence electrons. The van der Waals surface area contributed by atoms with Gasteiger partial charge in [0.15, 0.2) is 5.82 Å². The maximum Gasteiger partial charge on any atom is 0.321 e. The van der Waals surface area contributed by atoms with E-state index in [0.717, 1.165) is 22.3 Å². The molecule has 7 nitrogen and oxygen atoms in total. The molecular weight excluding hydrogens is 304 g/mol. The topological polar surface area (TPSA) is 88.6 Å². The Hall–Kier alpha value is -3.48. The Morgan fingerprint density at radius 3 is 2.67 bits per heavy atom. The molecule has 0 radical (unpaired) electrons. The van der Waals surface area contributed by atoms with Crippen molar-refractivity contribution in [2.75, 3.05) is 5.32 Å². The molecule has 0 unspecified atom stereocenters. The van der Waals surface area contributed by atoms with Gasteiger partial charge < -0.3 is 10.1 Å². The third-order valence-corrected chi connectivity index (χ3v) is 3.50. The molecule has 2 N–H and O–H groups in total. The van der Waals surface area contributed by atoms with Crippen molar-refractivity contribution in [3.8, 4) is 11.8 Å². The number of nitrogens with one attached hydrogen (secondary N) is 2. The first kappa shape index (κ1) is 14.1. The van der Waals surface area contributed by atoms with Crippen molar-refractivity contribution >= 4 is 22.5 Å². The van der Waals surface area contributed by atoms with Crippen molar-refractivity contribution < 1.29 is 4.74 Å². The second-order valence-electron chi connectivity index (χ2n) is 5.21. The van der Waals surface area contributed by atoms with Gasteiger partial charge in [0.2, 0.25) is 0 Å². The van der Waals surface area contributed by atoms with Gasteiger partial charge in [0.25, 0.3) is 0 Å². The molecule has 0 saturated carbocycles. The summed E-state index contributed by atoms with van der Waals surface area (Å²) in [6.07, 6.45) is 5.03. The van der Waals surface area contributed by atoms with Gasteiger partial charge in [-0.3, -0.25) is 10.1 Å². The van der Waals surface area contributed by atoms with Crippen molar-refractivity contribution in [3.63, 3.8) is 0 Å². The predicted molar refractivity (Wildman–Crippen MR) is 90.5 cm³/mol. The van der Waals surface area contributed by atoms with Gasteiger partial charge in [0, 0.05) is 24.3 Å². The number of aromatic amines is 1. The van der Waals surface area contributed by atoms with E-state index in [1.165, 1.54) is 0 Å². The Balaban J connectivity index is 1.58. The maximum absolute atomic E-state index is 5.69. The van der Waals surface area contributed by atoms with Crippen LogP contribution in [0.3, 0.4) is 0 Å². The third-order valence-electron chi connectivity index (χ3n) is 3.50. The molecule has 0 aliphatic heterocycles. The number of rotatable bonds is 4. The lowest BCUT2D eigenvalue weighted by Gasteiger charge is -2.09. The molecule has 0 amide bonds. The van der Waals surface area contributed by atoms with Gasteiger partial charge in [-0.1, -0.05) is 0 Å². The summed E-state index contributed by atoms with van der Waals surface area (Å²) < 4.78 is 5.69. The van der Waals surface area contributed by atoms with Crippen LogP contribution in [0.2, 0.25) is 0 Å². The summed E-state index contributed by atoms with van der Waals surface area (Å²) >= 11 is 0. The average molecular weight is 318 g/mol. The highest BCUT2D eigenvalue weighted by Gasteiger charge is 2.08. The van der Waals surface area contributed by atoms with Crippen LogP contribution in [0.4, 0.5) is 11.5 Å². The van der Waals surface area contributed by atoms with Crippen LogP contribution in [-0.2, 0) is 0 Å². The van der Waals surface area contributed by atoms with Crippen LogP contribution in [0.15, 0.2) is 55.0 Å². The van der Waals surface area contributed by atoms with Gasteiger partial charge in [0.1, 0.15) is 11.3 Å². The molecule has 4 aromatic rings. The molecule has 0 fully saturated rings. The number of hydrogen-bond acceptors (Lipinski definition) is 6. The van der Waals surface area contributed by atoms with Gasteiger partial charge in [-0.05, 0) is 48.9 Å². The molecular formula is C17H14N6O. The number of anilines is 2. The number of ether oxygens (including phenoxy) is 1. The van der Waals surface area contributed by atoms with E-state index in [4.69, 9.17) is 4.74 Å². The highest BCUT2D eigenvalue weighted by atomic mass is 16.5. The quantitative estimate of drug-likeness (QED) is 0.598. The van der Waals surface area contributed by atoms with E-state index < -0.39 is 0 Å². The van der Waals surface area contributed by atoms with Crippen LogP contribution in [0, 0.1) is 6.92 Å². The van der Waals surface area contributed by atoms with Crippen molar-refractivity contribution in [1.82, 2.24) is 25.1 Å². The number of benzene rings is 1. The molecule has 0 atom stereocenters. The summed E-state index contributed by atoms with van der Waals surface area (Å²) in [6.45, 7) is 1.96. The zero-order valence-corrected chi connectivity index (χ0v) is 12.9. The number of H-pyrrole nitrogens is 1. The van der Waals surface area contributed by atoms with E-state index in [1.54, 1.807) is 24.7 Å². The number of nitrogens with zero attached hydrogens (tertiary/aromatic N) is 4. The molecule has 7 heteroatoms. The number of fused-ring (bicyclic) bond motifs is 1. The normalized spacial score (nSPS) is 10.7. The van der Waals surface area contributed by atoms with Crippen LogP contribution >= 0.6 is 0 Å². The summed E-state index contributed by atoms with van der Waals surface area (Å²) in [4.78, 5) is 12.5. The Morgan fingerprint density at radius 1 is 1.00 bits per heavy atom. The first-order chi connectivity index (χ1) is 11.8. The number of aryl methyl sites for hydroxylation is 1. The van der Waals surface area contributed by atoms with Crippen LogP contribution in [0.25, 0.3) is 11.0 Å². The van der Waals surface area contributed by atoms with Gasteiger partial charge in [-0.15, -0.1) is 0 Å². The molecule has 3 heterocycles. The van der Waals surface area contributed by atoms with Crippen LogP contribution in [0.5, 0.6) is 11.8 Å². The fraction of sp³-hybridized carbons (Fsp3) is 0.0588. The predicted octanol–water partition coefficient (Wildman–Crippen LogP) is 3.59. The summed E-state index contributed by atoms with van der Waals surface area (Å²) in [5, 5.41) is 10.5.